The predicted molar refractivity (Wildman–Crippen MR) is 92.1 cm³/mol. The van der Waals surface area contributed by atoms with Crippen LogP contribution in [0.25, 0.3) is 11.0 Å². The summed E-state index contributed by atoms with van der Waals surface area (Å²) >= 11 is 0. The van der Waals surface area contributed by atoms with Gasteiger partial charge in [-0.2, -0.15) is 0 Å². The van der Waals surface area contributed by atoms with Crippen LogP contribution in [0.15, 0.2) is 54.6 Å². The fraction of sp³-hybridized carbons (Fsp3) is 0.263. The second-order valence-corrected chi connectivity index (χ2v) is 6.32. The quantitative estimate of drug-likeness (QED) is 0.757. The van der Waals surface area contributed by atoms with Gasteiger partial charge in [0.25, 0.3) is 0 Å². The molecule has 0 spiro atoms. The summed E-state index contributed by atoms with van der Waals surface area (Å²) in [6, 6.07) is 18.3. The minimum absolute atomic E-state index is 0.272. The third-order valence-electron chi connectivity index (χ3n) is 5.06. The molecule has 4 rings (SSSR count). The molecule has 0 radical (unpaired) electrons. The largest absolute Gasteiger partial charge is 0.465 e. The summed E-state index contributed by atoms with van der Waals surface area (Å²) < 4.78 is 0. The molecule has 5 heteroatoms. The molecule has 3 aromatic rings. The third kappa shape index (κ3) is 2.33. The van der Waals surface area contributed by atoms with Crippen LogP contribution < -0.4 is 0 Å². The van der Waals surface area contributed by atoms with Gasteiger partial charge in [0, 0.05) is 13.1 Å². The Morgan fingerprint density at radius 1 is 1.04 bits per heavy atom. The molecule has 24 heavy (non-hydrogen) atoms. The molecule has 1 fully saturated rings. The number of aromatic nitrogens is 2. The zero-order valence-corrected chi connectivity index (χ0v) is 13.3. The van der Waals surface area contributed by atoms with Crippen molar-refractivity contribution in [3.8, 4) is 0 Å². The first-order valence-electron chi connectivity index (χ1n) is 8.18. The third-order valence-corrected chi connectivity index (χ3v) is 5.06. The predicted octanol–water partition coefficient (Wildman–Crippen LogP) is 3.62. The van der Waals surface area contributed by atoms with Crippen molar-refractivity contribution in [1.29, 1.82) is 0 Å². The minimum atomic E-state index is -0.846. The maximum Gasteiger partial charge on any atom is 0.407 e. The van der Waals surface area contributed by atoms with E-state index in [4.69, 9.17) is 4.98 Å². The SMILES string of the molecule is O=C(O)N1CCC(c2ccccc2)(c2nc3ccccc3[nH]2)CC1. The van der Waals surface area contributed by atoms with Crippen molar-refractivity contribution in [3.05, 3.63) is 66.0 Å². The highest BCUT2D eigenvalue weighted by Gasteiger charge is 2.41. The van der Waals surface area contributed by atoms with Gasteiger partial charge in [0.15, 0.2) is 0 Å². The van der Waals surface area contributed by atoms with Gasteiger partial charge in [-0.1, -0.05) is 42.5 Å². The first-order chi connectivity index (χ1) is 11.7. The topological polar surface area (TPSA) is 69.2 Å². The van der Waals surface area contributed by atoms with Gasteiger partial charge in [0.1, 0.15) is 5.82 Å². The number of para-hydroxylation sites is 2. The minimum Gasteiger partial charge on any atom is -0.465 e. The molecule has 0 atom stereocenters. The van der Waals surface area contributed by atoms with Gasteiger partial charge < -0.3 is 15.0 Å². The van der Waals surface area contributed by atoms with Crippen molar-refractivity contribution in [3.63, 3.8) is 0 Å². The van der Waals surface area contributed by atoms with Crippen molar-refractivity contribution < 1.29 is 9.90 Å². The lowest BCUT2D eigenvalue weighted by atomic mass is 9.72. The highest BCUT2D eigenvalue weighted by atomic mass is 16.4. The molecule has 0 bridgehead atoms. The van der Waals surface area contributed by atoms with Crippen LogP contribution in [0.1, 0.15) is 24.2 Å². The molecule has 0 saturated carbocycles. The molecule has 1 aliphatic heterocycles. The van der Waals surface area contributed by atoms with Crippen LogP contribution in [-0.4, -0.2) is 39.2 Å². The summed E-state index contributed by atoms with van der Waals surface area (Å²) in [5.74, 6) is 0.930. The molecule has 122 valence electrons. The Morgan fingerprint density at radius 2 is 1.71 bits per heavy atom. The molecule has 2 heterocycles. The van der Waals surface area contributed by atoms with Gasteiger partial charge in [-0.15, -0.1) is 0 Å². The number of likely N-dealkylation sites (tertiary alicyclic amines) is 1. The number of nitrogens with one attached hydrogen (secondary N) is 1. The normalized spacial score (nSPS) is 17.1. The van der Waals surface area contributed by atoms with Crippen LogP contribution >= 0.6 is 0 Å². The number of fused-ring (bicyclic) bond motifs is 1. The van der Waals surface area contributed by atoms with Crippen molar-refractivity contribution in [2.45, 2.75) is 18.3 Å². The molecule has 1 amide bonds. The van der Waals surface area contributed by atoms with E-state index >= 15 is 0 Å². The molecule has 0 unspecified atom stereocenters. The lowest BCUT2D eigenvalue weighted by molar-refractivity contribution is 0.121. The number of carboxylic acid groups (broad SMARTS) is 1. The number of H-pyrrole nitrogens is 1. The monoisotopic (exact) mass is 321 g/mol. The molecule has 1 aromatic heterocycles. The molecule has 1 aliphatic rings. The lowest BCUT2D eigenvalue weighted by Gasteiger charge is -2.40. The molecular weight excluding hydrogens is 302 g/mol. The number of rotatable bonds is 2. The number of benzene rings is 2. The zero-order valence-electron chi connectivity index (χ0n) is 13.3. The van der Waals surface area contributed by atoms with E-state index in [9.17, 15) is 9.90 Å². The second-order valence-electron chi connectivity index (χ2n) is 6.32. The maximum absolute atomic E-state index is 11.3. The summed E-state index contributed by atoms with van der Waals surface area (Å²) in [7, 11) is 0. The lowest BCUT2D eigenvalue weighted by Crippen LogP contribution is -2.45. The van der Waals surface area contributed by atoms with Crippen LogP contribution in [0.4, 0.5) is 4.79 Å². The van der Waals surface area contributed by atoms with Crippen LogP contribution in [0.3, 0.4) is 0 Å². The standard InChI is InChI=1S/C19H19N3O2/c23-18(24)22-12-10-19(11-13-22,14-6-2-1-3-7-14)17-20-15-8-4-5-9-16(15)21-17/h1-9H,10-13H2,(H,20,21)(H,23,24). The molecule has 2 N–H and O–H groups in total. The first-order valence-corrected chi connectivity index (χ1v) is 8.18. The summed E-state index contributed by atoms with van der Waals surface area (Å²) in [5.41, 5.74) is 2.88. The number of nitrogens with zero attached hydrogens (tertiary/aromatic N) is 2. The smallest absolute Gasteiger partial charge is 0.407 e. The summed E-state index contributed by atoms with van der Waals surface area (Å²) in [6.45, 7) is 1.03. The Morgan fingerprint density at radius 3 is 2.38 bits per heavy atom. The van der Waals surface area contributed by atoms with E-state index in [0.29, 0.717) is 13.1 Å². The van der Waals surface area contributed by atoms with Gasteiger partial charge in [-0.05, 0) is 30.5 Å². The van der Waals surface area contributed by atoms with Gasteiger partial charge >= 0.3 is 6.09 Å². The fourth-order valence-electron chi connectivity index (χ4n) is 3.68. The number of piperidine rings is 1. The van der Waals surface area contributed by atoms with Crippen LogP contribution in [0.5, 0.6) is 0 Å². The van der Waals surface area contributed by atoms with Crippen molar-refractivity contribution in [1.82, 2.24) is 14.9 Å². The summed E-state index contributed by atoms with van der Waals surface area (Å²) in [5, 5.41) is 9.27. The number of hydrogen-bond donors (Lipinski definition) is 2. The van der Waals surface area contributed by atoms with Gasteiger partial charge in [0.05, 0.1) is 16.4 Å². The molecular formula is C19H19N3O2. The average Bonchev–Trinajstić information content (AvgIpc) is 3.07. The van der Waals surface area contributed by atoms with E-state index in [-0.39, 0.29) is 5.41 Å². The molecule has 2 aromatic carbocycles. The molecule has 5 nitrogen and oxygen atoms in total. The van der Waals surface area contributed by atoms with E-state index in [1.165, 1.54) is 10.5 Å². The van der Waals surface area contributed by atoms with Crippen molar-refractivity contribution in [2.75, 3.05) is 13.1 Å². The zero-order chi connectivity index (χ0) is 16.6. The summed E-state index contributed by atoms with van der Waals surface area (Å²) in [4.78, 5) is 21.1. The maximum atomic E-state index is 11.3. The van der Waals surface area contributed by atoms with Crippen molar-refractivity contribution >= 4 is 17.1 Å². The number of carbonyl (C=O) groups is 1. The van der Waals surface area contributed by atoms with Crippen LogP contribution in [0, 0.1) is 0 Å². The van der Waals surface area contributed by atoms with Crippen LogP contribution in [0.2, 0.25) is 0 Å². The first kappa shape index (κ1) is 14.8. The molecule has 0 aliphatic carbocycles. The Hall–Kier alpha value is -2.82. The Balaban J connectivity index is 1.81. The second kappa shape index (κ2) is 5.67. The fourth-order valence-corrected chi connectivity index (χ4v) is 3.68. The van der Waals surface area contributed by atoms with E-state index in [1.54, 1.807) is 0 Å². The molecule has 1 saturated heterocycles. The highest BCUT2D eigenvalue weighted by Crippen LogP contribution is 2.40. The average molecular weight is 321 g/mol. The summed E-state index contributed by atoms with van der Waals surface area (Å²) in [6.07, 6.45) is 0.605. The highest BCUT2D eigenvalue weighted by molar-refractivity contribution is 5.75. The number of hydrogen-bond acceptors (Lipinski definition) is 2. The number of aromatic amines is 1. The van der Waals surface area contributed by atoms with Gasteiger partial charge in [0.2, 0.25) is 0 Å². The van der Waals surface area contributed by atoms with Gasteiger partial charge in [-0.3, -0.25) is 0 Å². The van der Waals surface area contributed by atoms with Crippen LogP contribution in [-0.2, 0) is 5.41 Å². The van der Waals surface area contributed by atoms with E-state index in [0.717, 1.165) is 29.7 Å². The van der Waals surface area contributed by atoms with Crippen molar-refractivity contribution in [2.24, 2.45) is 0 Å². The van der Waals surface area contributed by atoms with E-state index in [2.05, 4.69) is 17.1 Å². The number of imidazole rings is 1. The Bertz CT molecular complexity index is 831. The Kier molecular flexibility index (Phi) is 3.49. The van der Waals surface area contributed by atoms with Gasteiger partial charge in [-0.25, -0.2) is 9.78 Å². The Labute approximate surface area is 139 Å². The van der Waals surface area contributed by atoms with E-state index in [1.807, 2.05) is 42.5 Å². The number of amides is 1. The van der Waals surface area contributed by atoms with E-state index < -0.39 is 6.09 Å².